The van der Waals surface area contributed by atoms with E-state index in [1.807, 2.05) is 0 Å². The van der Waals surface area contributed by atoms with Gasteiger partial charge in [-0.2, -0.15) is 0 Å². The van der Waals surface area contributed by atoms with Crippen LogP contribution in [0, 0.1) is 5.92 Å². The van der Waals surface area contributed by atoms with Gasteiger partial charge in [-0.25, -0.2) is 9.48 Å². The summed E-state index contributed by atoms with van der Waals surface area (Å²) < 4.78 is 11.1. The number of rotatable bonds is 8. The van der Waals surface area contributed by atoms with E-state index in [0.29, 0.717) is 31.2 Å². The van der Waals surface area contributed by atoms with Crippen LogP contribution in [0.15, 0.2) is 0 Å². The number of aromatic nitrogens is 3. The zero-order valence-electron chi connectivity index (χ0n) is 12.3. The second kappa shape index (κ2) is 7.16. The Morgan fingerprint density at radius 1 is 1.38 bits per heavy atom. The molecule has 1 aliphatic carbocycles. The van der Waals surface area contributed by atoms with Crippen molar-refractivity contribution in [2.24, 2.45) is 5.92 Å². The van der Waals surface area contributed by atoms with Gasteiger partial charge in [0.05, 0.1) is 19.4 Å². The fourth-order valence-electron chi connectivity index (χ4n) is 1.93. The fraction of sp³-hybridized carbons (Fsp3) is 0.692. The van der Waals surface area contributed by atoms with Gasteiger partial charge >= 0.3 is 5.97 Å². The molecule has 116 valence electrons. The van der Waals surface area contributed by atoms with Gasteiger partial charge in [0.15, 0.2) is 5.69 Å². The largest absolute Gasteiger partial charge is 0.464 e. The number of hydrogen-bond acceptors (Lipinski definition) is 6. The first kappa shape index (κ1) is 15.4. The van der Waals surface area contributed by atoms with E-state index in [9.17, 15) is 9.59 Å². The Kier molecular flexibility index (Phi) is 5.26. The maximum atomic E-state index is 11.9. The summed E-state index contributed by atoms with van der Waals surface area (Å²) in [5.41, 5.74) is 0.676. The van der Waals surface area contributed by atoms with E-state index in [1.54, 1.807) is 7.11 Å². The fourth-order valence-corrected chi connectivity index (χ4v) is 1.93. The molecule has 0 unspecified atom stereocenters. The molecule has 1 saturated carbocycles. The molecule has 1 N–H and O–H groups in total. The monoisotopic (exact) mass is 296 g/mol. The molecule has 0 atom stereocenters. The average molecular weight is 296 g/mol. The Balaban J connectivity index is 2.03. The van der Waals surface area contributed by atoms with Crippen LogP contribution in [0.2, 0.25) is 0 Å². The number of hydrogen-bond donors (Lipinski definition) is 1. The maximum Gasteiger partial charge on any atom is 0.360 e. The highest BCUT2D eigenvalue weighted by Gasteiger charge is 2.23. The lowest BCUT2D eigenvalue weighted by atomic mass is 10.2. The summed E-state index contributed by atoms with van der Waals surface area (Å²) in [6, 6.07) is 0. The first-order valence-corrected chi connectivity index (χ1v) is 6.92. The number of ether oxygens (including phenoxy) is 2. The normalized spacial score (nSPS) is 14.0. The van der Waals surface area contributed by atoms with Crippen LogP contribution in [0.5, 0.6) is 0 Å². The Morgan fingerprint density at radius 2 is 2.14 bits per heavy atom. The van der Waals surface area contributed by atoms with Crippen molar-refractivity contribution in [1.82, 2.24) is 20.3 Å². The van der Waals surface area contributed by atoms with Gasteiger partial charge < -0.3 is 14.8 Å². The number of nitrogens with zero attached hydrogens (tertiary/aromatic N) is 3. The first-order chi connectivity index (χ1) is 10.2. The molecule has 2 rings (SSSR count). The Morgan fingerprint density at radius 3 is 2.76 bits per heavy atom. The minimum atomic E-state index is -0.564. The minimum Gasteiger partial charge on any atom is -0.464 e. The molecular formula is C13H20N4O4. The van der Waals surface area contributed by atoms with Crippen molar-refractivity contribution in [2.75, 3.05) is 27.4 Å². The van der Waals surface area contributed by atoms with Crippen LogP contribution in [0.25, 0.3) is 0 Å². The molecular weight excluding hydrogens is 276 g/mol. The van der Waals surface area contributed by atoms with Crippen molar-refractivity contribution in [2.45, 2.75) is 25.8 Å². The van der Waals surface area contributed by atoms with Gasteiger partial charge in [0.25, 0.3) is 0 Å². The third-order valence-corrected chi connectivity index (χ3v) is 3.34. The summed E-state index contributed by atoms with van der Waals surface area (Å²) in [5, 5.41) is 10.5. The standard InChI is InChI=1S/C13H20N4O4/c1-20-6-5-10-12(13(19)21-2)15-16-17(10)8-11(18)14-7-9-3-4-9/h9H,3-8H2,1-2H3,(H,14,18). The van der Waals surface area contributed by atoms with Gasteiger partial charge in [-0.1, -0.05) is 5.21 Å². The average Bonchev–Trinajstić information content (AvgIpc) is 3.24. The van der Waals surface area contributed by atoms with Gasteiger partial charge in [0.2, 0.25) is 5.91 Å². The Labute approximate surface area is 122 Å². The van der Waals surface area contributed by atoms with E-state index in [2.05, 4.69) is 20.4 Å². The summed E-state index contributed by atoms with van der Waals surface area (Å²) in [4.78, 5) is 23.5. The summed E-state index contributed by atoms with van der Waals surface area (Å²) in [6.45, 7) is 1.14. The number of esters is 1. The highest BCUT2D eigenvalue weighted by Crippen LogP contribution is 2.27. The third kappa shape index (κ3) is 4.25. The van der Waals surface area contributed by atoms with Crippen LogP contribution < -0.4 is 5.32 Å². The van der Waals surface area contributed by atoms with Crippen LogP contribution in [-0.2, 0) is 27.2 Å². The summed E-state index contributed by atoms with van der Waals surface area (Å²) >= 11 is 0. The summed E-state index contributed by atoms with van der Waals surface area (Å²) in [5.74, 6) is -0.0871. The number of methoxy groups -OCH3 is 2. The van der Waals surface area contributed by atoms with Crippen LogP contribution in [0.1, 0.15) is 29.0 Å². The predicted molar refractivity (Wildman–Crippen MR) is 72.7 cm³/mol. The lowest BCUT2D eigenvalue weighted by Crippen LogP contribution is -2.30. The molecule has 0 spiro atoms. The van der Waals surface area contributed by atoms with Gasteiger partial charge in [-0.3, -0.25) is 4.79 Å². The predicted octanol–water partition coefficient (Wildman–Crippen LogP) is -0.220. The minimum absolute atomic E-state index is 0.0375. The van der Waals surface area contributed by atoms with Crippen molar-refractivity contribution in [3.8, 4) is 0 Å². The van der Waals surface area contributed by atoms with E-state index in [4.69, 9.17) is 4.74 Å². The van der Waals surface area contributed by atoms with Crippen molar-refractivity contribution in [1.29, 1.82) is 0 Å². The molecule has 0 radical (unpaired) electrons. The highest BCUT2D eigenvalue weighted by atomic mass is 16.5. The molecule has 0 aromatic carbocycles. The lowest BCUT2D eigenvalue weighted by Gasteiger charge is -2.08. The van der Waals surface area contributed by atoms with Crippen LogP contribution in [-0.4, -0.2) is 54.2 Å². The smallest absolute Gasteiger partial charge is 0.360 e. The van der Waals surface area contributed by atoms with Crippen molar-refractivity contribution >= 4 is 11.9 Å². The summed E-state index contributed by atoms with van der Waals surface area (Å²) in [6.07, 6.45) is 2.79. The topological polar surface area (TPSA) is 95.3 Å². The van der Waals surface area contributed by atoms with E-state index in [0.717, 1.165) is 0 Å². The second-order valence-corrected chi connectivity index (χ2v) is 5.02. The van der Waals surface area contributed by atoms with Crippen molar-refractivity contribution < 1.29 is 19.1 Å². The van der Waals surface area contributed by atoms with Crippen molar-refractivity contribution in [3.05, 3.63) is 11.4 Å². The molecule has 1 amide bonds. The molecule has 1 fully saturated rings. The van der Waals surface area contributed by atoms with E-state index >= 15 is 0 Å². The Hall–Kier alpha value is -1.96. The second-order valence-electron chi connectivity index (χ2n) is 5.02. The van der Waals surface area contributed by atoms with Crippen LogP contribution >= 0.6 is 0 Å². The maximum absolute atomic E-state index is 11.9. The number of carbonyl (C=O) groups excluding carboxylic acids is 2. The quantitative estimate of drug-likeness (QED) is 0.666. The van der Waals surface area contributed by atoms with Gasteiger partial charge in [-0.15, -0.1) is 5.10 Å². The van der Waals surface area contributed by atoms with Crippen LogP contribution in [0.4, 0.5) is 0 Å². The number of carbonyl (C=O) groups is 2. The summed E-state index contributed by atoms with van der Waals surface area (Å²) in [7, 11) is 2.85. The zero-order chi connectivity index (χ0) is 15.2. The van der Waals surface area contributed by atoms with Gasteiger partial charge in [0.1, 0.15) is 6.54 Å². The number of nitrogens with one attached hydrogen (secondary N) is 1. The molecule has 1 aliphatic rings. The molecule has 0 saturated heterocycles. The van der Waals surface area contributed by atoms with E-state index < -0.39 is 5.97 Å². The molecule has 1 heterocycles. The molecule has 8 heteroatoms. The third-order valence-electron chi connectivity index (χ3n) is 3.34. The molecule has 1 aromatic rings. The SMILES string of the molecule is COCCc1c(C(=O)OC)nnn1CC(=O)NCC1CC1. The van der Waals surface area contributed by atoms with Gasteiger partial charge in [-0.05, 0) is 18.8 Å². The molecule has 0 bridgehead atoms. The Bertz CT molecular complexity index is 510. The molecule has 8 nitrogen and oxygen atoms in total. The highest BCUT2D eigenvalue weighted by molar-refractivity contribution is 5.88. The molecule has 1 aromatic heterocycles. The van der Waals surface area contributed by atoms with E-state index in [-0.39, 0.29) is 18.1 Å². The van der Waals surface area contributed by atoms with Crippen LogP contribution in [0.3, 0.4) is 0 Å². The zero-order valence-corrected chi connectivity index (χ0v) is 12.3. The lowest BCUT2D eigenvalue weighted by molar-refractivity contribution is -0.122. The molecule has 0 aliphatic heterocycles. The molecule has 21 heavy (non-hydrogen) atoms. The number of amides is 1. The van der Waals surface area contributed by atoms with E-state index in [1.165, 1.54) is 24.6 Å². The van der Waals surface area contributed by atoms with Gasteiger partial charge in [0, 0.05) is 20.1 Å². The van der Waals surface area contributed by atoms with Crippen molar-refractivity contribution in [3.63, 3.8) is 0 Å². The first-order valence-electron chi connectivity index (χ1n) is 6.92.